The summed E-state index contributed by atoms with van der Waals surface area (Å²) in [6, 6.07) is 21.1. The first-order valence-electron chi connectivity index (χ1n) is 10.5. The van der Waals surface area contributed by atoms with Gasteiger partial charge in [0.1, 0.15) is 0 Å². The summed E-state index contributed by atoms with van der Waals surface area (Å²) in [5.74, 6) is -2.16. The molecule has 0 radical (unpaired) electrons. The number of rotatable bonds is 6. The highest BCUT2D eigenvalue weighted by Crippen LogP contribution is 2.23. The quantitative estimate of drug-likeness (QED) is 0.348. The maximum atomic E-state index is 12.7. The number of nitrogens with one attached hydrogen (secondary N) is 2. The minimum atomic E-state index is -1.22. The van der Waals surface area contributed by atoms with Crippen LogP contribution in [-0.2, 0) is 4.79 Å². The Kier molecular flexibility index (Phi) is 6.45. The lowest BCUT2D eigenvalue weighted by molar-refractivity contribution is -0.111. The number of fused-ring (bicyclic) bond motifs is 1. The van der Waals surface area contributed by atoms with Gasteiger partial charge in [-0.05, 0) is 65.2 Å². The van der Waals surface area contributed by atoms with Crippen molar-refractivity contribution in [2.45, 2.75) is 6.92 Å². The van der Waals surface area contributed by atoms with E-state index in [2.05, 4.69) is 15.6 Å². The van der Waals surface area contributed by atoms with Crippen LogP contribution in [-0.4, -0.2) is 27.9 Å². The van der Waals surface area contributed by atoms with Crippen molar-refractivity contribution >= 4 is 45.5 Å². The van der Waals surface area contributed by atoms with Crippen molar-refractivity contribution in [2.24, 2.45) is 0 Å². The Balaban J connectivity index is 1.57. The number of nitrogens with zero attached hydrogens (tertiary/aromatic N) is 1. The zero-order chi connectivity index (χ0) is 24.1. The summed E-state index contributed by atoms with van der Waals surface area (Å²) in [5, 5.41) is 17.0. The van der Waals surface area contributed by atoms with Gasteiger partial charge in [-0.1, -0.05) is 36.4 Å². The van der Waals surface area contributed by atoms with Gasteiger partial charge in [0.15, 0.2) is 0 Å². The third-order valence-electron chi connectivity index (χ3n) is 5.26. The normalized spacial score (nSPS) is 11.1. The molecule has 0 aliphatic heterocycles. The molecule has 168 valence electrons. The number of hydrogen-bond donors (Lipinski definition) is 3. The second-order valence-corrected chi connectivity index (χ2v) is 7.63. The monoisotopic (exact) mass is 451 g/mol. The molecule has 0 spiro atoms. The summed E-state index contributed by atoms with van der Waals surface area (Å²) in [6.07, 6.45) is 4.48. The SMILES string of the molecule is C/C(=C/C(=O)Nc1cc(C(=O)Nc2ccncc2)ccc1C(=O)O)c1ccc2ccccc2c1. The van der Waals surface area contributed by atoms with Crippen LogP contribution in [0.3, 0.4) is 0 Å². The molecule has 0 aliphatic carbocycles. The second kappa shape index (κ2) is 9.79. The van der Waals surface area contributed by atoms with E-state index < -0.39 is 17.8 Å². The van der Waals surface area contributed by atoms with Gasteiger partial charge in [0.2, 0.25) is 5.91 Å². The maximum absolute atomic E-state index is 12.7. The fourth-order valence-electron chi connectivity index (χ4n) is 3.50. The predicted molar refractivity (Wildman–Crippen MR) is 132 cm³/mol. The van der Waals surface area contributed by atoms with Gasteiger partial charge in [-0.2, -0.15) is 0 Å². The van der Waals surface area contributed by atoms with Crippen LogP contribution in [0.5, 0.6) is 0 Å². The average Bonchev–Trinajstić information content (AvgIpc) is 2.84. The van der Waals surface area contributed by atoms with E-state index in [1.807, 2.05) is 42.5 Å². The Bertz CT molecular complexity index is 1430. The third kappa shape index (κ3) is 5.16. The van der Waals surface area contributed by atoms with Gasteiger partial charge in [0.05, 0.1) is 11.3 Å². The van der Waals surface area contributed by atoms with E-state index in [0.717, 1.165) is 16.3 Å². The van der Waals surface area contributed by atoms with Crippen LogP contribution >= 0.6 is 0 Å². The zero-order valence-corrected chi connectivity index (χ0v) is 18.3. The number of aromatic nitrogens is 1. The number of hydrogen-bond acceptors (Lipinski definition) is 4. The zero-order valence-electron chi connectivity index (χ0n) is 18.3. The molecular formula is C27H21N3O4. The van der Waals surface area contributed by atoms with Gasteiger partial charge in [-0.25, -0.2) is 4.79 Å². The topological polar surface area (TPSA) is 108 Å². The highest BCUT2D eigenvalue weighted by Gasteiger charge is 2.16. The summed E-state index contributed by atoms with van der Waals surface area (Å²) in [7, 11) is 0. The molecule has 3 aromatic carbocycles. The van der Waals surface area contributed by atoms with Crippen molar-refractivity contribution in [3.8, 4) is 0 Å². The Hall–Kier alpha value is -4.78. The smallest absolute Gasteiger partial charge is 0.337 e. The first kappa shape index (κ1) is 22.4. The molecule has 7 heteroatoms. The molecule has 34 heavy (non-hydrogen) atoms. The van der Waals surface area contributed by atoms with Crippen molar-refractivity contribution in [3.05, 3.63) is 108 Å². The van der Waals surface area contributed by atoms with Crippen LogP contribution in [0.4, 0.5) is 11.4 Å². The van der Waals surface area contributed by atoms with Crippen LogP contribution in [0.1, 0.15) is 33.2 Å². The van der Waals surface area contributed by atoms with E-state index in [1.165, 1.54) is 24.3 Å². The average molecular weight is 451 g/mol. The number of allylic oxidation sites excluding steroid dienone is 1. The predicted octanol–water partition coefficient (Wildman–Crippen LogP) is 5.23. The summed E-state index contributed by atoms with van der Waals surface area (Å²) in [4.78, 5) is 40.9. The lowest BCUT2D eigenvalue weighted by Gasteiger charge is -2.11. The van der Waals surface area contributed by atoms with Gasteiger partial charge in [0, 0.05) is 29.7 Å². The van der Waals surface area contributed by atoms with E-state index >= 15 is 0 Å². The third-order valence-corrected chi connectivity index (χ3v) is 5.26. The lowest BCUT2D eigenvalue weighted by Crippen LogP contribution is -2.16. The van der Waals surface area contributed by atoms with Gasteiger partial charge >= 0.3 is 5.97 Å². The maximum Gasteiger partial charge on any atom is 0.337 e. The van der Waals surface area contributed by atoms with Crippen molar-refractivity contribution < 1.29 is 19.5 Å². The molecule has 0 saturated heterocycles. The van der Waals surface area contributed by atoms with E-state index in [-0.39, 0.29) is 16.8 Å². The van der Waals surface area contributed by atoms with E-state index in [9.17, 15) is 19.5 Å². The van der Waals surface area contributed by atoms with Crippen molar-refractivity contribution in [1.82, 2.24) is 4.98 Å². The number of pyridine rings is 1. The first-order chi connectivity index (χ1) is 16.4. The largest absolute Gasteiger partial charge is 0.478 e. The number of amides is 2. The van der Waals surface area contributed by atoms with Crippen LogP contribution in [0.15, 0.2) is 91.3 Å². The molecule has 0 bridgehead atoms. The minimum absolute atomic E-state index is 0.0300. The fraction of sp³-hybridized carbons (Fsp3) is 0.0370. The number of carboxylic acids is 1. The van der Waals surface area contributed by atoms with Gasteiger partial charge in [-0.15, -0.1) is 0 Å². The molecule has 0 saturated carbocycles. The molecule has 2 amide bonds. The fourth-order valence-corrected chi connectivity index (χ4v) is 3.50. The van der Waals surface area contributed by atoms with Crippen LogP contribution < -0.4 is 10.6 Å². The molecule has 0 aliphatic rings. The van der Waals surface area contributed by atoms with E-state index in [4.69, 9.17) is 0 Å². The number of benzene rings is 3. The molecule has 1 heterocycles. The summed E-state index contributed by atoms with van der Waals surface area (Å²) >= 11 is 0. The Morgan fingerprint density at radius 3 is 2.26 bits per heavy atom. The van der Waals surface area contributed by atoms with Gasteiger partial charge in [0.25, 0.3) is 5.91 Å². The Morgan fingerprint density at radius 2 is 1.53 bits per heavy atom. The minimum Gasteiger partial charge on any atom is -0.478 e. The molecule has 0 unspecified atom stereocenters. The Morgan fingerprint density at radius 1 is 0.824 bits per heavy atom. The molecule has 4 aromatic rings. The number of carbonyl (C=O) groups excluding carboxylic acids is 2. The van der Waals surface area contributed by atoms with E-state index in [0.29, 0.717) is 11.3 Å². The molecule has 0 atom stereocenters. The van der Waals surface area contributed by atoms with Gasteiger partial charge in [-0.3, -0.25) is 14.6 Å². The van der Waals surface area contributed by atoms with Crippen molar-refractivity contribution in [2.75, 3.05) is 10.6 Å². The number of anilines is 2. The van der Waals surface area contributed by atoms with Crippen LogP contribution in [0.25, 0.3) is 16.3 Å². The molecule has 7 nitrogen and oxygen atoms in total. The highest BCUT2D eigenvalue weighted by molar-refractivity contribution is 6.10. The summed E-state index contributed by atoms with van der Waals surface area (Å²) in [5.41, 5.74) is 2.24. The van der Waals surface area contributed by atoms with E-state index in [1.54, 1.807) is 31.5 Å². The Labute approximate surface area is 195 Å². The standard InChI is InChI=1S/C27H21N3O4/c1-17(19-7-6-18-4-2-3-5-20(18)15-19)14-25(31)30-24-16-21(8-9-23(24)27(33)34)26(32)29-22-10-12-28-13-11-22/h2-16H,1H3,(H,30,31)(H,33,34)(H,28,29,32)/b17-14-. The van der Waals surface area contributed by atoms with Crippen LogP contribution in [0, 0.1) is 0 Å². The summed E-state index contributed by atoms with van der Waals surface area (Å²) in [6.45, 7) is 1.81. The first-order valence-corrected chi connectivity index (χ1v) is 10.5. The number of carboxylic acid groups (broad SMARTS) is 1. The van der Waals surface area contributed by atoms with Crippen LogP contribution in [0.2, 0.25) is 0 Å². The highest BCUT2D eigenvalue weighted by atomic mass is 16.4. The number of aromatic carboxylic acids is 1. The molecular weight excluding hydrogens is 430 g/mol. The molecule has 0 fully saturated rings. The molecule has 3 N–H and O–H groups in total. The second-order valence-electron chi connectivity index (χ2n) is 7.63. The number of carbonyl (C=O) groups is 3. The van der Waals surface area contributed by atoms with Gasteiger partial charge < -0.3 is 15.7 Å². The van der Waals surface area contributed by atoms with Crippen molar-refractivity contribution in [1.29, 1.82) is 0 Å². The lowest BCUT2D eigenvalue weighted by atomic mass is 10.0. The summed E-state index contributed by atoms with van der Waals surface area (Å²) < 4.78 is 0. The molecule has 4 rings (SSSR count). The van der Waals surface area contributed by atoms with Crippen molar-refractivity contribution in [3.63, 3.8) is 0 Å². The molecule has 1 aromatic heterocycles.